The van der Waals surface area contributed by atoms with Gasteiger partial charge in [-0.15, -0.1) is 0 Å². The molecule has 2 aromatic carbocycles. The summed E-state index contributed by atoms with van der Waals surface area (Å²) < 4.78 is 38.0. The van der Waals surface area contributed by atoms with E-state index < -0.39 is 15.7 Å². The number of para-hydroxylation sites is 1. The summed E-state index contributed by atoms with van der Waals surface area (Å²) in [7, 11) is -3.18. The van der Waals surface area contributed by atoms with Crippen molar-refractivity contribution in [2.24, 2.45) is 0 Å². The molecule has 11 heteroatoms. The van der Waals surface area contributed by atoms with Crippen LogP contribution in [0.25, 0.3) is 56.0 Å². The predicted octanol–water partition coefficient (Wildman–Crippen LogP) is 5.94. The minimum absolute atomic E-state index is 0.0489. The average Bonchev–Trinajstić information content (AvgIpc) is 3.64. The molecule has 0 spiro atoms. The number of aromatic amines is 2. The first-order chi connectivity index (χ1) is 21.3. The van der Waals surface area contributed by atoms with Crippen LogP contribution in [0.2, 0.25) is 0 Å². The second kappa shape index (κ2) is 11.5. The molecule has 9 nitrogen and oxygen atoms in total. The number of benzene rings is 2. The minimum atomic E-state index is -3.18. The van der Waals surface area contributed by atoms with Crippen molar-refractivity contribution in [2.45, 2.75) is 32.2 Å². The normalized spacial score (nSPS) is 14.5. The number of fused-ring (bicyclic) bond motifs is 2. The minimum Gasteiger partial charge on any atom is -0.336 e. The maximum Gasteiger partial charge on any atom is 0.161 e. The number of halogens is 1. The summed E-state index contributed by atoms with van der Waals surface area (Å²) in [6.45, 7) is 3.12. The third-order valence-corrected chi connectivity index (χ3v) is 9.07. The molecular weight excluding hydrogens is 577 g/mol. The maximum absolute atomic E-state index is 14.6. The van der Waals surface area contributed by atoms with Gasteiger partial charge in [-0.2, -0.15) is 5.10 Å². The second-order valence-corrected chi connectivity index (χ2v) is 13.9. The number of nitrogens with one attached hydrogen (secondary N) is 2. The summed E-state index contributed by atoms with van der Waals surface area (Å²) in [6, 6.07) is 16.4. The van der Waals surface area contributed by atoms with Gasteiger partial charge < -0.3 is 4.98 Å². The molecule has 1 aliphatic rings. The van der Waals surface area contributed by atoms with E-state index in [9.17, 15) is 12.8 Å². The number of hydrogen-bond acceptors (Lipinski definition) is 7. The van der Waals surface area contributed by atoms with E-state index in [4.69, 9.17) is 9.97 Å². The highest BCUT2D eigenvalue weighted by molar-refractivity contribution is 7.90. The van der Waals surface area contributed by atoms with E-state index in [1.807, 2.05) is 48.8 Å². The number of aromatic nitrogens is 6. The summed E-state index contributed by atoms with van der Waals surface area (Å²) >= 11 is 0. The van der Waals surface area contributed by atoms with Crippen LogP contribution in [0.3, 0.4) is 0 Å². The Morgan fingerprint density at radius 2 is 1.73 bits per heavy atom. The number of imidazole rings is 1. The molecule has 0 amide bonds. The van der Waals surface area contributed by atoms with Crippen molar-refractivity contribution in [1.82, 2.24) is 35.0 Å². The number of H-pyrrole nitrogens is 2. The van der Waals surface area contributed by atoms with Gasteiger partial charge in [-0.05, 0) is 85.4 Å². The van der Waals surface area contributed by atoms with Crippen LogP contribution < -0.4 is 0 Å². The largest absolute Gasteiger partial charge is 0.336 e. The smallest absolute Gasteiger partial charge is 0.161 e. The Bertz CT molecular complexity index is 2100. The Balaban J connectivity index is 1.23. The lowest BCUT2D eigenvalue weighted by atomic mass is 10.0. The maximum atomic E-state index is 14.6. The van der Waals surface area contributed by atoms with E-state index in [1.165, 1.54) is 43.2 Å². The fraction of sp³-hybridized carbons (Fsp3) is 0.273. The van der Waals surface area contributed by atoms with Crippen LogP contribution >= 0.6 is 0 Å². The van der Waals surface area contributed by atoms with Crippen LogP contribution in [-0.4, -0.2) is 68.5 Å². The molecule has 1 fully saturated rings. The Kier molecular flexibility index (Phi) is 7.43. The van der Waals surface area contributed by atoms with Gasteiger partial charge in [0, 0.05) is 36.3 Å². The summed E-state index contributed by atoms with van der Waals surface area (Å²) in [6.07, 6.45) is 8.97. The summed E-state index contributed by atoms with van der Waals surface area (Å²) in [5, 5.41) is 7.62. The number of sulfone groups is 1. The Morgan fingerprint density at radius 3 is 2.57 bits per heavy atom. The van der Waals surface area contributed by atoms with Crippen molar-refractivity contribution in [3.8, 4) is 33.9 Å². The standard InChI is InChI=1S/C33H32FN7O2S/c1-44(42,43)13-10-21-14-23(17-25(34)16-21)26-6-5-7-28-30(26)38-33(37-28)32-31-29(39-40-32)9-8-27(36-31)24-15-22(18-35-19-24)20-41-11-3-2-4-12-41/h5-9,14-19H,2-4,10-13,20H2,1H3,(H,37,38)(H,39,40). The molecule has 2 N–H and O–H groups in total. The molecule has 0 aliphatic carbocycles. The van der Waals surface area contributed by atoms with Crippen molar-refractivity contribution in [1.29, 1.82) is 0 Å². The van der Waals surface area contributed by atoms with Crippen LogP contribution in [0.15, 0.2) is 67.0 Å². The zero-order valence-corrected chi connectivity index (χ0v) is 25.2. The Hall–Kier alpha value is -4.48. The number of hydrogen-bond donors (Lipinski definition) is 2. The van der Waals surface area contributed by atoms with E-state index in [-0.39, 0.29) is 12.2 Å². The SMILES string of the molecule is CS(=O)(=O)CCc1cc(F)cc(-c2cccc3[nH]c(-c4n[nH]c5ccc(-c6cncc(CN7CCCCC7)c6)nc45)nc23)c1. The van der Waals surface area contributed by atoms with Crippen molar-refractivity contribution in [3.05, 3.63) is 83.9 Å². The third-order valence-electron chi connectivity index (χ3n) is 8.12. The topological polar surface area (TPSA) is 121 Å². The van der Waals surface area contributed by atoms with Crippen LogP contribution in [0, 0.1) is 5.82 Å². The van der Waals surface area contributed by atoms with Crippen LogP contribution in [0.4, 0.5) is 4.39 Å². The number of rotatable bonds is 8. The number of pyridine rings is 2. The molecule has 0 bridgehead atoms. The highest BCUT2D eigenvalue weighted by Gasteiger charge is 2.18. The summed E-state index contributed by atoms with van der Waals surface area (Å²) in [5.41, 5.74) is 8.34. The highest BCUT2D eigenvalue weighted by atomic mass is 32.2. The van der Waals surface area contributed by atoms with E-state index in [0.29, 0.717) is 33.7 Å². The number of nitrogens with zero attached hydrogens (tertiary/aromatic N) is 5. The molecule has 7 rings (SSSR count). The van der Waals surface area contributed by atoms with Gasteiger partial charge in [0.25, 0.3) is 0 Å². The molecule has 4 aromatic heterocycles. The third kappa shape index (κ3) is 5.97. The molecule has 1 saturated heterocycles. The lowest BCUT2D eigenvalue weighted by Gasteiger charge is -2.26. The van der Waals surface area contributed by atoms with Gasteiger partial charge in [0.05, 0.1) is 28.0 Å². The van der Waals surface area contributed by atoms with Crippen molar-refractivity contribution >= 4 is 31.9 Å². The first kappa shape index (κ1) is 28.3. The monoisotopic (exact) mass is 609 g/mol. The predicted molar refractivity (Wildman–Crippen MR) is 170 cm³/mol. The van der Waals surface area contributed by atoms with Gasteiger partial charge in [-0.3, -0.25) is 15.0 Å². The van der Waals surface area contributed by atoms with Crippen LogP contribution in [0.1, 0.15) is 30.4 Å². The van der Waals surface area contributed by atoms with Gasteiger partial charge >= 0.3 is 0 Å². The van der Waals surface area contributed by atoms with Gasteiger partial charge in [-0.1, -0.05) is 24.6 Å². The molecule has 0 unspecified atom stereocenters. The van der Waals surface area contributed by atoms with Crippen LogP contribution in [-0.2, 0) is 22.8 Å². The molecule has 224 valence electrons. The fourth-order valence-electron chi connectivity index (χ4n) is 5.95. The molecule has 5 heterocycles. The van der Waals surface area contributed by atoms with Crippen LogP contribution in [0.5, 0.6) is 0 Å². The molecule has 0 radical (unpaired) electrons. The molecule has 44 heavy (non-hydrogen) atoms. The number of aryl methyl sites for hydroxylation is 1. The average molecular weight is 610 g/mol. The number of likely N-dealkylation sites (tertiary alicyclic amines) is 1. The molecule has 1 aliphatic heterocycles. The lowest BCUT2D eigenvalue weighted by molar-refractivity contribution is 0.220. The van der Waals surface area contributed by atoms with E-state index >= 15 is 0 Å². The zero-order chi connectivity index (χ0) is 30.3. The second-order valence-electron chi connectivity index (χ2n) is 11.6. The quantitative estimate of drug-likeness (QED) is 0.219. The first-order valence-corrected chi connectivity index (χ1v) is 16.8. The summed E-state index contributed by atoms with van der Waals surface area (Å²) in [5.74, 6) is 0.0597. The Morgan fingerprint density at radius 1 is 0.886 bits per heavy atom. The number of piperidine rings is 1. The highest BCUT2D eigenvalue weighted by Crippen LogP contribution is 2.33. The fourth-order valence-corrected chi connectivity index (χ4v) is 6.55. The lowest BCUT2D eigenvalue weighted by Crippen LogP contribution is -2.29. The zero-order valence-electron chi connectivity index (χ0n) is 24.3. The van der Waals surface area contributed by atoms with Gasteiger partial charge in [-0.25, -0.2) is 22.8 Å². The van der Waals surface area contributed by atoms with E-state index in [0.717, 1.165) is 47.5 Å². The molecular formula is C33H32FN7O2S. The van der Waals surface area contributed by atoms with Gasteiger partial charge in [0.15, 0.2) is 11.5 Å². The summed E-state index contributed by atoms with van der Waals surface area (Å²) in [4.78, 5) is 20.2. The molecule has 0 saturated carbocycles. The van der Waals surface area contributed by atoms with Gasteiger partial charge in [0.1, 0.15) is 21.2 Å². The van der Waals surface area contributed by atoms with Gasteiger partial charge in [0.2, 0.25) is 0 Å². The van der Waals surface area contributed by atoms with E-state index in [1.54, 1.807) is 0 Å². The van der Waals surface area contributed by atoms with Crippen molar-refractivity contribution in [2.75, 3.05) is 25.1 Å². The van der Waals surface area contributed by atoms with E-state index in [2.05, 4.69) is 31.1 Å². The Labute approximate surface area is 254 Å². The first-order valence-electron chi connectivity index (χ1n) is 14.8. The molecule has 0 atom stereocenters. The van der Waals surface area contributed by atoms with Crippen molar-refractivity contribution in [3.63, 3.8) is 0 Å². The van der Waals surface area contributed by atoms with Crippen molar-refractivity contribution < 1.29 is 12.8 Å². The molecule has 6 aromatic rings.